The minimum Gasteiger partial charge on any atom is -0.212 e. The number of hydrogen-bond acceptors (Lipinski definition) is 3. The highest BCUT2D eigenvalue weighted by Crippen LogP contribution is 2.23. The zero-order valence-corrected chi connectivity index (χ0v) is 13.4. The molecule has 7 heteroatoms. The molecule has 0 saturated heterocycles. The Balaban J connectivity index is 2.64. The topological polar surface area (TPSA) is 37.4 Å². The summed E-state index contributed by atoms with van der Waals surface area (Å²) in [5.41, 5.74) is 0. The highest BCUT2D eigenvalue weighted by molar-refractivity contribution is 7.89. The van der Waals surface area contributed by atoms with Gasteiger partial charge in [0.15, 0.2) is 0 Å². The second kappa shape index (κ2) is 7.70. The SMILES string of the molecule is CCN(Cc1ccc(Cl)s1)S(=O)(=O)CCCCCl. The van der Waals surface area contributed by atoms with Crippen molar-refractivity contribution in [2.75, 3.05) is 18.2 Å². The molecule has 0 spiro atoms. The number of unbranched alkanes of at least 4 members (excludes halogenated alkanes) is 1. The van der Waals surface area contributed by atoms with E-state index in [1.54, 1.807) is 6.07 Å². The maximum absolute atomic E-state index is 12.1. The molecule has 0 saturated carbocycles. The molecule has 1 rings (SSSR count). The summed E-state index contributed by atoms with van der Waals surface area (Å²) in [4.78, 5) is 0.961. The van der Waals surface area contributed by atoms with E-state index < -0.39 is 10.0 Å². The highest BCUT2D eigenvalue weighted by Gasteiger charge is 2.20. The van der Waals surface area contributed by atoms with Gasteiger partial charge in [-0.1, -0.05) is 18.5 Å². The molecule has 0 aromatic carbocycles. The molecule has 0 bridgehead atoms. The van der Waals surface area contributed by atoms with Gasteiger partial charge >= 0.3 is 0 Å². The predicted octanol–water partition coefficient (Wildman–Crippen LogP) is 3.57. The number of halogens is 2. The normalized spacial score (nSPS) is 12.2. The summed E-state index contributed by atoms with van der Waals surface area (Å²) in [6.07, 6.45) is 1.33. The van der Waals surface area contributed by atoms with Crippen molar-refractivity contribution in [3.8, 4) is 0 Å². The van der Waals surface area contributed by atoms with Crippen LogP contribution in [0.4, 0.5) is 0 Å². The van der Waals surface area contributed by atoms with Crippen molar-refractivity contribution in [2.24, 2.45) is 0 Å². The van der Waals surface area contributed by atoms with E-state index in [0.717, 1.165) is 11.3 Å². The first-order valence-electron chi connectivity index (χ1n) is 5.77. The van der Waals surface area contributed by atoms with Crippen LogP contribution in [-0.2, 0) is 16.6 Å². The zero-order chi connectivity index (χ0) is 13.6. The third kappa shape index (κ3) is 5.05. The minimum absolute atomic E-state index is 0.159. The lowest BCUT2D eigenvalue weighted by molar-refractivity contribution is 0.425. The second-order valence-electron chi connectivity index (χ2n) is 3.84. The summed E-state index contributed by atoms with van der Waals surface area (Å²) in [6, 6.07) is 3.65. The van der Waals surface area contributed by atoms with Gasteiger partial charge in [-0.05, 0) is 25.0 Å². The number of nitrogens with zero attached hydrogens (tertiary/aromatic N) is 1. The molecule has 0 atom stereocenters. The van der Waals surface area contributed by atoms with Crippen molar-refractivity contribution < 1.29 is 8.42 Å². The van der Waals surface area contributed by atoms with Gasteiger partial charge in [0, 0.05) is 23.8 Å². The molecule has 104 valence electrons. The van der Waals surface area contributed by atoms with E-state index in [1.807, 2.05) is 13.0 Å². The Hall–Kier alpha value is 0.190. The number of hydrogen-bond donors (Lipinski definition) is 0. The minimum atomic E-state index is -3.20. The molecule has 0 radical (unpaired) electrons. The first kappa shape index (κ1) is 16.2. The summed E-state index contributed by atoms with van der Waals surface area (Å²) >= 11 is 12.8. The van der Waals surface area contributed by atoms with Crippen molar-refractivity contribution in [3.63, 3.8) is 0 Å². The monoisotopic (exact) mass is 329 g/mol. The van der Waals surface area contributed by atoms with Crippen LogP contribution in [0, 0.1) is 0 Å². The van der Waals surface area contributed by atoms with Gasteiger partial charge in [0.25, 0.3) is 0 Å². The molecule has 1 aromatic heterocycles. The molecule has 0 aliphatic heterocycles. The quantitative estimate of drug-likeness (QED) is 0.540. The molecule has 1 heterocycles. The van der Waals surface area contributed by atoms with E-state index in [9.17, 15) is 8.42 Å². The lowest BCUT2D eigenvalue weighted by Gasteiger charge is -2.19. The summed E-state index contributed by atoms with van der Waals surface area (Å²) in [7, 11) is -3.20. The Labute approximate surface area is 123 Å². The lowest BCUT2D eigenvalue weighted by atomic mass is 10.4. The fraction of sp³-hybridized carbons (Fsp3) is 0.636. The molecule has 0 aliphatic rings. The molecular weight excluding hydrogens is 313 g/mol. The molecule has 18 heavy (non-hydrogen) atoms. The van der Waals surface area contributed by atoms with Gasteiger partial charge in [0.05, 0.1) is 10.1 Å². The van der Waals surface area contributed by atoms with Crippen LogP contribution >= 0.6 is 34.5 Å². The number of rotatable bonds is 8. The first-order valence-corrected chi connectivity index (χ1v) is 9.11. The third-order valence-corrected chi connectivity index (χ3v) is 5.95. The summed E-state index contributed by atoms with van der Waals surface area (Å²) < 4.78 is 26.4. The molecule has 0 amide bonds. The number of thiophene rings is 1. The van der Waals surface area contributed by atoms with Gasteiger partial charge in [-0.15, -0.1) is 22.9 Å². The number of alkyl halides is 1. The van der Waals surface area contributed by atoms with Crippen LogP contribution in [0.3, 0.4) is 0 Å². The van der Waals surface area contributed by atoms with E-state index >= 15 is 0 Å². The summed E-state index contributed by atoms with van der Waals surface area (Å²) in [5, 5.41) is 0. The van der Waals surface area contributed by atoms with Gasteiger partial charge in [0.1, 0.15) is 0 Å². The van der Waals surface area contributed by atoms with Gasteiger partial charge in [-0.25, -0.2) is 8.42 Å². The molecule has 0 N–H and O–H groups in total. The molecule has 0 fully saturated rings. The fourth-order valence-corrected chi connectivity index (χ4v) is 4.46. The van der Waals surface area contributed by atoms with Gasteiger partial charge < -0.3 is 0 Å². The van der Waals surface area contributed by atoms with Crippen molar-refractivity contribution in [1.82, 2.24) is 4.31 Å². The Morgan fingerprint density at radius 3 is 2.56 bits per heavy atom. The second-order valence-corrected chi connectivity index (χ2v) is 8.11. The number of sulfonamides is 1. The molecule has 0 unspecified atom stereocenters. The van der Waals surface area contributed by atoms with E-state index in [4.69, 9.17) is 23.2 Å². The van der Waals surface area contributed by atoms with Gasteiger partial charge in [-0.2, -0.15) is 4.31 Å². The van der Waals surface area contributed by atoms with E-state index in [1.165, 1.54) is 15.6 Å². The Morgan fingerprint density at radius 1 is 1.33 bits per heavy atom. The highest BCUT2D eigenvalue weighted by atomic mass is 35.5. The van der Waals surface area contributed by atoms with E-state index in [-0.39, 0.29) is 5.75 Å². The molecular formula is C11H17Cl2NO2S2. The van der Waals surface area contributed by atoms with Crippen LogP contribution in [0.1, 0.15) is 24.6 Å². The van der Waals surface area contributed by atoms with Crippen LogP contribution in [0.25, 0.3) is 0 Å². The molecule has 0 aliphatic carbocycles. The van der Waals surface area contributed by atoms with Crippen LogP contribution in [0.2, 0.25) is 4.34 Å². The smallest absolute Gasteiger partial charge is 0.212 e. The maximum Gasteiger partial charge on any atom is 0.214 e. The largest absolute Gasteiger partial charge is 0.214 e. The summed E-state index contributed by atoms with van der Waals surface area (Å²) in [5.74, 6) is 0.662. The van der Waals surface area contributed by atoms with Crippen LogP contribution in [-0.4, -0.2) is 30.9 Å². The van der Waals surface area contributed by atoms with E-state index in [2.05, 4.69) is 0 Å². The third-order valence-electron chi connectivity index (χ3n) is 2.49. The van der Waals surface area contributed by atoms with Crippen LogP contribution in [0.5, 0.6) is 0 Å². The Kier molecular flexibility index (Phi) is 6.95. The Morgan fingerprint density at radius 2 is 2.06 bits per heavy atom. The van der Waals surface area contributed by atoms with E-state index in [0.29, 0.717) is 29.7 Å². The maximum atomic E-state index is 12.1. The average molecular weight is 330 g/mol. The van der Waals surface area contributed by atoms with Crippen LogP contribution in [0.15, 0.2) is 12.1 Å². The predicted molar refractivity (Wildman–Crippen MR) is 79.2 cm³/mol. The standard InChI is InChI=1S/C11H17Cl2NO2S2/c1-2-14(9-10-5-6-11(13)17-10)18(15,16)8-4-3-7-12/h5-6H,2-4,7-9H2,1H3. The van der Waals surface area contributed by atoms with Crippen molar-refractivity contribution in [1.29, 1.82) is 0 Å². The van der Waals surface area contributed by atoms with Gasteiger partial charge in [-0.3, -0.25) is 0 Å². The Bertz CT molecular complexity index is 459. The van der Waals surface area contributed by atoms with Crippen molar-refractivity contribution in [2.45, 2.75) is 26.3 Å². The summed E-state index contributed by atoms with van der Waals surface area (Å²) in [6.45, 7) is 2.71. The molecule has 3 nitrogen and oxygen atoms in total. The van der Waals surface area contributed by atoms with Gasteiger partial charge in [0.2, 0.25) is 10.0 Å². The average Bonchev–Trinajstić information content (AvgIpc) is 2.72. The first-order chi connectivity index (χ1) is 8.49. The van der Waals surface area contributed by atoms with Crippen molar-refractivity contribution in [3.05, 3.63) is 21.3 Å². The molecule has 1 aromatic rings. The lowest BCUT2D eigenvalue weighted by Crippen LogP contribution is -2.32. The van der Waals surface area contributed by atoms with Crippen LogP contribution < -0.4 is 0 Å². The van der Waals surface area contributed by atoms with Crippen molar-refractivity contribution >= 4 is 44.6 Å². The zero-order valence-electron chi connectivity index (χ0n) is 10.2. The fourth-order valence-electron chi connectivity index (χ4n) is 1.53.